The molecule has 0 aliphatic carbocycles. The fraction of sp³-hybridized carbons (Fsp3) is 0.545. The van der Waals surface area contributed by atoms with Crippen LogP contribution in [0, 0.1) is 0 Å². The van der Waals surface area contributed by atoms with Crippen molar-refractivity contribution in [3.63, 3.8) is 0 Å². The van der Waals surface area contributed by atoms with Crippen molar-refractivity contribution in [2.75, 3.05) is 27.2 Å². The van der Waals surface area contributed by atoms with Crippen molar-refractivity contribution < 1.29 is 9.84 Å². The van der Waals surface area contributed by atoms with Crippen LogP contribution in [0.2, 0.25) is 0 Å². The number of nitrogens with zero attached hydrogens (tertiary/aromatic N) is 2. The lowest BCUT2D eigenvalue weighted by Crippen LogP contribution is -2.15. The zero-order valence-electron chi connectivity index (χ0n) is 9.31. The average molecular weight is 210 g/mol. The second-order valence-electron chi connectivity index (χ2n) is 3.65. The van der Waals surface area contributed by atoms with E-state index >= 15 is 0 Å². The van der Waals surface area contributed by atoms with Crippen molar-refractivity contribution in [3.8, 4) is 5.75 Å². The Bertz CT molecular complexity index is 272. The summed E-state index contributed by atoms with van der Waals surface area (Å²) in [6.07, 6.45) is 2.63. The number of aromatic nitrogens is 1. The normalized spacial score (nSPS) is 10.7. The summed E-state index contributed by atoms with van der Waals surface area (Å²) in [5.41, 5.74) is 0.663. The van der Waals surface area contributed by atoms with Crippen LogP contribution in [0.5, 0.6) is 5.75 Å². The van der Waals surface area contributed by atoms with Gasteiger partial charge in [-0.1, -0.05) is 0 Å². The molecule has 0 aromatic carbocycles. The second kappa shape index (κ2) is 6.37. The highest BCUT2D eigenvalue weighted by Crippen LogP contribution is 2.09. The van der Waals surface area contributed by atoms with Crippen molar-refractivity contribution in [1.82, 2.24) is 9.88 Å². The number of rotatable bonds is 6. The molecule has 0 spiro atoms. The molecule has 1 N–H and O–H groups in total. The zero-order valence-corrected chi connectivity index (χ0v) is 9.31. The summed E-state index contributed by atoms with van der Waals surface area (Å²) in [6, 6.07) is 3.59. The molecule has 4 heteroatoms. The smallest absolute Gasteiger partial charge is 0.137 e. The Hall–Kier alpha value is -1.13. The van der Waals surface area contributed by atoms with Gasteiger partial charge in [-0.05, 0) is 32.6 Å². The van der Waals surface area contributed by atoms with Crippen molar-refractivity contribution in [1.29, 1.82) is 0 Å². The molecule has 0 saturated carbocycles. The quantitative estimate of drug-likeness (QED) is 0.709. The topological polar surface area (TPSA) is 45.6 Å². The summed E-state index contributed by atoms with van der Waals surface area (Å²) in [5.74, 6) is 0.756. The number of pyridine rings is 1. The fourth-order valence-corrected chi connectivity index (χ4v) is 1.16. The highest BCUT2D eigenvalue weighted by molar-refractivity contribution is 5.19. The van der Waals surface area contributed by atoms with Crippen LogP contribution in [0.3, 0.4) is 0 Å². The Morgan fingerprint density at radius 2 is 2.20 bits per heavy atom. The molecule has 0 fully saturated rings. The van der Waals surface area contributed by atoms with E-state index in [4.69, 9.17) is 9.84 Å². The molecule has 0 aliphatic rings. The number of ether oxygens (including phenoxy) is 1. The minimum absolute atomic E-state index is 0.0269. The number of hydrogen-bond acceptors (Lipinski definition) is 4. The van der Waals surface area contributed by atoms with E-state index in [0.29, 0.717) is 12.3 Å². The van der Waals surface area contributed by atoms with E-state index in [9.17, 15) is 0 Å². The summed E-state index contributed by atoms with van der Waals surface area (Å²) >= 11 is 0. The predicted molar refractivity (Wildman–Crippen MR) is 58.8 cm³/mol. The summed E-state index contributed by atoms with van der Waals surface area (Å²) in [4.78, 5) is 6.15. The van der Waals surface area contributed by atoms with Gasteiger partial charge in [-0.3, -0.25) is 4.98 Å². The molecule has 0 radical (unpaired) electrons. The maximum Gasteiger partial charge on any atom is 0.137 e. The Kier molecular flexibility index (Phi) is 5.07. The van der Waals surface area contributed by atoms with E-state index in [-0.39, 0.29) is 6.61 Å². The molecule has 1 heterocycles. The van der Waals surface area contributed by atoms with Gasteiger partial charge in [-0.25, -0.2) is 0 Å². The van der Waals surface area contributed by atoms with Gasteiger partial charge in [0.25, 0.3) is 0 Å². The summed E-state index contributed by atoms with van der Waals surface area (Å²) in [7, 11) is 4.08. The maximum atomic E-state index is 8.79. The zero-order chi connectivity index (χ0) is 11.1. The van der Waals surface area contributed by atoms with Gasteiger partial charge in [0.05, 0.1) is 25.1 Å². The first-order chi connectivity index (χ1) is 7.22. The van der Waals surface area contributed by atoms with Crippen LogP contribution in [-0.4, -0.2) is 42.2 Å². The van der Waals surface area contributed by atoms with E-state index in [2.05, 4.69) is 9.88 Å². The van der Waals surface area contributed by atoms with E-state index in [1.165, 1.54) is 0 Å². The lowest BCUT2D eigenvalue weighted by atomic mass is 10.3. The van der Waals surface area contributed by atoms with Gasteiger partial charge >= 0.3 is 0 Å². The van der Waals surface area contributed by atoms with Crippen molar-refractivity contribution in [3.05, 3.63) is 24.0 Å². The van der Waals surface area contributed by atoms with Gasteiger partial charge in [0.15, 0.2) is 0 Å². The van der Waals surface area contributed by atoms with Crippen LogP contribution in [0.1, 0.15) is 12.1 Å². The highest BCUT2D eigenvalue weighted by atomic mass is 16.5. The third-order valence-corrected chi connectivity index (χ3v) is 1.98. The van der Waals surface area contributed by atoms with Crippen molar-refractivity contribution in [2.24, 2.45) is 0 Å². The molecule has 0 aliphatic heterocycles. The lowest BCUT2D eigenvalue weighted by molar-refractivity contribution is 0.272. The SMILES string of the molecule is CN(C)CCCOc1ccc(CO)nc1. The maximum absolute atomic E-state index is 8.79. The van der Waals surface area contributed by atoms with Crippen molar-refractivity contribution in [2.45, 2.75) is 13.0 Å². The lowest BCUT2D eigenvalue weighted by Gasteiger charge is -2.10. The Morgan fingerprint density at radius 1 is 1.40 bits per heavy atom. The third-order valence-electron chi connectivity index (χ3n) is 1.98. The summed E-state index contributed by atoms with van der Waals surface area (Å²) in [6.45, 7) is 1.68. The molecule has 0 saturated heterocycles. The van der Waals surface area contributed by atoms with Gasteiger partial charge in [0.1, 0.15) is 5.75 Å². The average Bonchev–Trinajstić information content (AvgIpc) is 2.25. The largest absolute Gasteiger partial charge is 0.492 e. The minimum atomic E-state index is -0.0269. The van der Waals surface area contributed by atoms with Crippen LogP contribution < -0.4 is 4.74 Å². The van der Waals surface area contributed by atoms with Crippen LogP contribution in [-0.2, 0) is 6.61 Å². The van der Waals surface area contributed by atoms with Crippen LogP contribution in [0.4, 0.5) is 0 Å². The minimum Gasteiger partial charge on any atom is -0.492 e. The summed E-state index contributed by atoms with van der Waals surface area (Å²) < 4.78 is 5.49. The molecule has 1 aromatic rings. The first-order valence-electron chi connectivity index (χ1n) is 5.05. The van der Waals surface area contributed by atoms with Crippen LogP contribution in [0.15, 0.2) is 18.3 Å². The number of aliphatic hydroxyl groups is 1. The summed E-state index contributed by atoms with van der Waals surface area (Å²) in [5, 5.41) is 8.79. The van der Waals surface area contributed by atoms with Crippen LogP contribution in [0.25, 0.3) is 0 Å². The molecule has 84 valence electrons. The molecule has 0 atom stereocenters. The molecular weight excluding hydrogens is 192 g/mol. The van der Waals surface area contributed by atoms with Gasteiger partial charge in [0, 0.05) is 6.54 Å². The Labute approximate surface area is 90.5 Å². The van der Waals surface area contributed by atoms with E-state index in [1.54, 1.807) is 12.3 Å². The molecule has 0 unspecified atom stereocenters. The Morgan fingerprint density at radius 3 is 2.73 bits per heavy atom. The molecule has 0 amide bonds. The van der Waals surface area contributed by atoms with Gasteiger partial charge in [0.2, 0.25) is 0 Å². The first-order valence-corrected chi connectivity index (χ1v) is 5.05. The molecular formula is C11H18N2O2. The third kappa shape index (κ3) is 4.76. The van der Waals surface area contributed by atoms with Gasteiger partial charge in [-0.15, -0.1) is 0 Å². The first kappa shape index (κ1) is 11.9. The number of aliphatic hydroxyl groups excluding tert-OH is 1. The van der Waals surface area contributed by atoms with Gasteiger partial charge < -0.3 is 14.7 Å². The second-order valence-corrected chi connectivity index (χ2v) is 3.65. The molecule has 1 aromatic heterocycles. The van der Waals surface area contributed by atoms with Crippen LogP contribution >= 0.6 is 0 Å². The monoisotopic (exact) mass is 210 g/mol. The standard InChI is InChI=1S/C11H18N2O2/c1-13(2)6-3-7-15-11-5-4-10(9-14)12-8-11/h4-5,8,14H,3,6-7,9H2,1-2H3. The van der Waals surface area contributed by atoms with E-state index in [1.807, 2.05) is 20.2 Å². The molecule has 4 nitrogen and oxygen atoms in total. The van der Waals surface area contributed by atoms with E-state index < -0.39 is 0 Å². The fourth-order valence-electron chi connectivity index (χ4n) is 1.16. The number of hydrogen-bond donors (Lipinski definition) is 1. The molecule has 15 heavy (non-hydrogen) atoms. The molecule has 0 bridgehead atoms. The van der Waals surface area contributed by atoms with E-state index in [0.717, 1.165) is 18.7 Å². The van der Waals surface area contributed by atoms with Crippen molar-refractivity contribution >= 4 is 0 Å². The molecule has 1 rings (SSSR count). The Balaban J connectivity index is 2.25. The highest BCUT2D eigenvalue weighted by Gasteiger charge is 1.96. The predicted octanol–water partition coefficient (Wildman–Crippen LogP) is 0.904. The van der Waals surface area contributed by atoms with Gasteiger partial charge in [-0.2, -0.15) is 0 Å².